The molecular weight excluding hydrogens is 184 g/mol. The van der Waals surface area contributed by atoms with Crippen LogP contribution in [0.4, 0.5) is 20.2 Å². The zero-order chi connectivity index (χ0) is 10.0. The minimum atomic E-state index is -1.23. The molecule has 70 valence electrons. The van der Waals surface area contributed by atoms with E-state index in [1.54, 1.807) is 0 Å². The summed E-state index contributed by atoms with van der Waals surface area (Å²) >= 11 is 0. The monoisotopic (exact) mass is 189 g/mol. The summed E-state index contributed by atoms with van der Waals surface area (Å²) in [5.74, 6) is 2.62. The molecule has 7 heteroatoms. The van der Waals surface area contributed by atoms with Gasteiger partial charge < -0.3 is 5.43 Å². The van der Waals surface area contributed by atoms with Crippen molar-refractivity contribution >= 4 is 11.4 Å². The maximum atomic E-state index is 12.7. The van der Waals surface area contributed by atoms with Crippen molar-refractivity contribution in [3.05, 3.63) is 33.9 Å². The maximum absolute atomic E-state index is 12.7. The van der Waals surface area contributed by atoms with Crippen molar-refractivity contribution in [2.24, 2.45) is 5.84 Å². The van der Waals surface area contributed by atoms with Crippen LogP contribution in [0.25, 0.3) is 0 Å². The molecule has 1 aromatic rings. The van der Waals surface area contributed by atoms with Crippen LogP contribution in [0, 0.1) is 21.7 Å². The number of nitrogen functional groups attached to an aromatic ring is 1. The molecule has 0 spiro atoms. The number of nitro benzene ring substituents is 1. The van der Waals surface area contributed by atoms with E-state index in [0.29, 0.717) is 12.1 Å². The van der Waals surface area contributed by atoms with E-state index in [1.165, 1.54) is 0 Å². The van der Waals surface area contributed by atoms with E-state index >= 15 is 0 Å². The molecule has 0 fully saturated rings. The number of anilines is 1. The molecule has 5 nitrogen and oxygen atoms in total. The SMILES string of the molecule is NNc1cc([N+](=O)[O-])c(F)cc1F. The third kappa shape index (κ3) is 1.70. The van der Waals surface area contributed by atoms with E-state index in [9.17, 15) is 18.9 Å². The molecule has 1 rings (SSSR count). The lowest BCUT2D eigenvalue weighted by Crippen LogP contribution is -2.09. The minimum absolute atomic E-state index is 0.326. The second-order valence-electron chi connectivity index (χ2n) is 2.18. The van der Waals surface area contributed by atoms with Crippen LogP contribution in [0.3, 0.4) is 0 Å². The number of rotatable bonds is 2. The van der Waals surface area contributed by atoms with E-state index in [-0.39, 0.29) is 5.69 Å². The molecule has 0 aliphatic rings. The fourth-order valence-electron chi connectivity index (χ4n) is 0.788. The van der Waals surface area contributed by atoms with Gasteiger partial charge in [0, 0.05) is 12.1 Å². The normalized spacial score (nSPS) is 9.77. The number of nitrogens with one attached hydrogen (secondary N) is 1. The number of nitrogens with zero attached hydrogens (tertiary/aromatic N) is 1. The first kappa shape index (κ1) is 9.33. The quantitative estimate of drug-likeness (QED) is 0.415. The van der Waals surface area contributed by atoms with Crippen LogP contribution in [0.2, 0.25) is 0 Å². The second-order valence-corrected chi connectivity index (χ2v) is 2.18. The van der Waals surface area contributed by atoms with Crippen molar-refractivity contribution in [1.29, 1.82) is 0 Å². The van der Waals surface area contributed by atoms with Gasteiger partial charge in [-0.3, -0.25) is 16.0 Å². The lowest BCUT2D eigenvalue weighted by molar-refractivity contribution is -0.387. The fraction of sp³-hybridized carbons (Fsp3) is 0. The first-order valence-corrected chi connectivity index (χ1v) is 3.16. The van der Waals surface area contributed by atoms with Crippen molar-refractivity contribution in [3.63, 3.8) is 0 Å². The summed E-state index contributed by atoms with van der Waals surface area (Å²) in [4.78, 5) is 9.21. The molecule has 0 aliphatic heterocycles. The average molecular weight is 189 g/mol. The second kappa shape index (κ2) is 3.31. The smallest absolute Gasteiger partial charge is 0.307 e. The number of hydrazine groups is 1. The topological polar surface area (TPSA) is 81.2 Å². The zero-order valence-corrected chi connectivity index (χ0v) is 6.25. The molecule has 0 radical (unpaired) electrons. The molecule has 0 aromatic heterocycles. The van der Waals surface area contributed by atoms with Crippen LogP contribution in [0.5, 0.6) is 0 Å². The van der Waals surface area contributed by atoms with E-state index in [0.717, 1.165) is 0 Å². The lowest BCUT2D eigenvalue weighted by atomic mass is 10.2. The maximum Gasteiger partial charge on any atom is 0.307 e. The Kier molecular flexibility index (Phi) is 2.38. The van der Waals surface area contributed by atoms with Gasteiger partial charge in [0.2, 0.25) is 5.82 Å². The van der Waals surface area contributed by atoms with Gasteiger partial charge in [-0.05, 0) is 0 Å². The third-order valence-electron chi connectivity index (χ3n) is 1.39. The molecule has 0 unspecified atom stereocenters. The zero-order valence-electron chi connectivity index (χ0n) is 6.25. The van der Waals surface area contributed by atoms with Crippen LogP contribution in [0.1, 0.15) is 0 Å². The molecule has 0 bridgehead atoms. The minimum Gasteiger partial charge on any atom is -0.321 e. The number of nitro groups is 1. The van der Waals surface area contributed by atoms with Gasteiger partial charge in [-0.25, -0.2) is 4.39 Å². The Morgan fingerprint density at radius 2 is 2.00 bits per heavy atom. The predicted molar refractivity (Wildman–Crippen MR) is 40.8 cm³/mol. The first-order chi connectivity index (χ1) is 6.06. The van der Waals surface area contributed by atoms with Gasteiger partial charge in [-0.15, -0.1) is 0 Å². The highest BCUT2D eigenvalue weighted by Gasteiger charge is 2.17. The molecule has 0 heterocycles. The van der Waals surface area contributed by atoms with Crippen LogP contribution < -0.4 is 11.3 Å². The fourth-order valence-corrected chi connectivity index (χ4v) is 0.788. The highest BCUT2D eigenvalue weighted by molar-refractivity contribution is 5.52. The average Bonchev–Trinajstić information content (AvgIpc) is 2.03. The Morgan fingerprint density at radius 3 is 2.46 bits per heavy atom. The predicted octanol–water partition coefficient (Wildman–Crippen LogP) is 1.16. The van der Waals surface area contributed by atoms with Crippen molar-refractivity contribution in [2.75, 3.05) is 5.43 Å². The van der Waals surface area contributed by atoms with Gasteiger partial charge in [0.15, 0.2) is 5.82 Å². The summed E-state index contributed by atoms with van der Waals surface area (Å²) in [7, 11) is 0. The Bertz CT molecular complexity index is 356. The highest BCUT2D eigenvalue weighted by Crippen LogP contribution is 2.23. The summed E-state index contributed by atoms with van der Waals surface area (Å²) in [6.07, 6.45) is 0. The van der Waals surface area contributed by atoms with Crippen LogP contribution in [0.15, 0.2) is 12.1 Å². The molecular formula is C6H5F2N3O2. The summed E-state index contributed by atoms with van der Waals surface area (Å²) < 4.78 is 25.4. The van der Waals surface area contributed by atoms with Crippen LogP contribution >= 0.6 is 0 Å². The molecule has 13 heavy (non-hydrogen) atoms. The first-order valence-electron chi connectivity index (χ1n) is 3.16. The van der Waals surface area contributed by atoms with Gasteiger partial charge in [-0.2, -0.15) is 4.39 Å². The number of halogens is 2. The van der Waals surface area contributed by atoms with Crippen LogP contribution in [-0.4, -0.2) is 4.92 Å². The van der Waals surface area contributed by atoms with E-state index in [4.69, 9.17) is 5.84 Å². The molecule has 3 N–H and O–H groups in total. The Morgan fingerprint density at radius 1 is 1.38 bits per heavy atom. The highest BCUT2D eigenvalue weighted by atomic mass is 19.1. The molecule has 0 aliphatic carbocycles. The van der Waals surface area contributed by atoms with Gasteiger partial charge in [0.25, 0.3) is 0 Å². The van der Waals surface area contributed by atoms with Gasteiger partial charge in [0.05, 0.1) is 10.6 Å². The Balaban J connectivity index is 3.30. The standard InChI is InChI=1S/C6H5F2N3O2/c7-3-1-4(8)6(11(12)13)2-5(3)10-9/h1-2,10H,9H2. The van der Waals surface area contributed by atoms with Gasteiger partial charge in [0.1, 0.15) is 0 Å². The Hall–Kier alpha value is -1.76. The molecule has 0 amide bonds. The van der Waals surface area contributed by atoms with Gasteiger partial charge >= 0.3 is 5.69 Å². The van der Waals surface area contributed by atoms with Crippen molar-refractivity contribution in [2.45, 2.75) is 0 Å². The molecule has 0 atom stereocenters. The van der Waals surface area contributed by atoms with E-state index < -0.39 is 22.2 Å². The molecule has 0 saturated heterocycles. The largest absolute Gasteiger partial charge is 0.321 e. The number of hydrogen-bond acceptors (Lipinski definition) is 4. The van der Waals surface area contributed by atoms with Crippen molar-refractivity contribution in [3.8, 4) is 0 Å². The summed E-state index contributed by atoms with van der Waals surface area (Å²) in [5.41, 5.74) is 0.721. The third-order valence-corrected chi connectivity index (χ3v) is 1.39. The van der Waals surface area contributed by atoms with Crippen molar-refractivity contribution < 1.29 is 13.7 Å². The molecule has 0 saturated carbocycles. The summed E-state index contributed by atoms with van der Waals surface area (Å²) in [6.45, 7) is 0. The summed E-state index contributed by atoms with van der Waals surface area (Å²) in [6, 6.07) is 1.08. The number of hydrogen-bond donors (Lipinski definition) is 2. The lowest BCUT2D eigenvalue weighted by Gasteiger charge is -2.01. The molecule has 1 aromatic carbocycles. The van der Waals surface area contributed by atoms with Gasteiger partial charge in [-0.1, -0.05) is 0 Å². The van der Waals surface area contributed by atoms with E-state index in [2.05, 4.69) is 0 Å². The number of nitrogens with two attached hydrogens (primary N) is 1. The Labute approximate surface area is 71.3 Å². The van der Waals surface area contributed by atoms with Crippen LogP contribution in [-0.2, 0) is 0 Å². The number of benzene rings is 1. The van der Waals surface area contributed by atoms with E-state index in [1.807, 2.05) is 5.43 Å². The summed E-state index contributed by atoms with van der Waals surface area (Å²) in [5, 5.41) is 10.2. The van der Waals surface area contributed by atoms with Crippen molar-refractivity contribution in [1.82, 2.24) is 0 Å².